The first-order chi connectivity index (χ1) is 10.1. The maximum absolute atomic E-state index is 13.0. The van der Waals surface area contributed by atoms with Crippen LogP contribution in [0.25, 0.3) is 0 Å². The van der Waals surface area contributed by atoms with Crippen LogP contribution in [-0.2, 0) is 6.42 Å². The molecule has 2 nitrogen and oxygen atoms in total. The number of hydrogen-bond acceptors (Lipinski definition) is 1. The molecule has 0 saturated carbocycles. The third kappa shape index (κ3) is 4.39. The van der Waals surface area contributed by atoms with Gasteiger partial charge in [-0.25, -0.2) is 4.39 Å². The van der Waals surface area contributed by atoms with Crippen LogP contribution in [0, 0.1) is 5.82 Å². The van der Waals surface area contributed by atoms with Crippen molar-refractivity contribution >= 4 is 27.5 Å². The summed E-state index contributed by atoms with van der Waals surface area (Å²) in [5.41, 5.74) is 2.40. The number of nitrogens with one attached hydrogen (secondary N) is 1. The van der Waals surface area contributed by atoms with Crippen molar-refractivity contribution in [1.29, 1.82) is 0 Å². The van der Waals surface area contributed by atoms with E-state index >= 15 is 0 Å². The number of benzene rings is 2. The fourth-order valence-corrected chi connectivity index (χ4v) is 2.54. The Balaban J connectivity index is 2.05. The van der Waals surface area contributed by atoms with Crippen molar-refractivity contribution in [3.8, 4) is 0 Å². The van der Waals surface area contributed by atoms with Gasteiger partial charge in [0.2, 0.25) is 0 Å². The number of carbonyl (C=O) groups excluding carboxylic acids is 1. The number of amides is 1. The molecule has 2 aromatic rings. The van der Waals surface area contributed by atoms with Gasteiger partial charge in [-0.05, 0) is 64.7 Å². The molecule has 1 amide bonds. The molecular weight excluding hydrogens is 333 g/mol. The van der Waals surface area contributed by atoms with Crippen molar-refractivity contribution in [3.05, 3.63) is 63.9 Å². The highest BCUT2D eigenvalue weighted by Gasteiger charge is 2.10. The van der Waals surface area contributed by atoms with Crippen LogP contribution in [0.5, 0.6) is 0 Å². The molecule has 4 heteroatoms. The number of hydrogen-bond donors (Lipinski definition) is 1. The Hall–Kier alpha value is -1.68. The van der Waals surface area contributed by atoms with E-state index in [-0.39, 0.29) is 11.7 Å². The van der Waals surface area contributed by atoms with Gasteiger partial charge in [-0.3, -0.25) is 4.79 Å². The lowest BCUT2D eigenvalue weighted by Gasteiger charge is -2.08. The van der Waals surface area contributed by atoms with Gasteiger partial charge in [0.15, 0.2) is 0 Å². The highest BCUT2D eigenvalue weighted by atomic mass is 79.9. The molecule has 110 valence electrons. The topological polar surface area (TPSA) is 29.1 Å². The Bertz CT molecular complexity index is 625. The third-order valence-corrected chi connectivity index (χ3v) is 3.86. The number of rotatable bonds is 5. The summed E-state index contributed by atoms with van der Waals surface area (Å²) in [6, 6.07) is 11.8. The maximum Gasteiger partial charge on any atom is 0.256 e. The second-order valence-electron chi connectivity index (χ2n) is 4.88. The number of aryl methyl sites for hydroxylation is 1. The Morgan fingerprint density at radius 3 is 2.52 bits per heavy atom. The molecule has 0 radical (unpaired) electrons. The quantitative estimate of drug-likeness (QED) is 0.791. The van der Waals surface area contributed by atoms with Gasteiger partial charge < -0.3 is 5.32 Å². The molecule has 0 saturated heterocycles. The molecule has 0 heterocycles. The zero-order valence-electron chi connectivity index (χ0n) is 11.8. The first kappa shape index (κ1) is 15.7. The molecule has 0 aliphatic rings. The van der Waals surface area contributed by atoms with E-state index in [0.717, 1.165) is 24.9 Å². The van der Waals surface area contributed by atoms with Gasteiger partial charge in [0.05, 0.1) is 5.56 Å². The van der Waals surface area contributed by atoms with Crippen molar-refractivity contribution in [1.82, 2.24) is 0 Å². The van der Waals surface area contributed by atoms with Crippen LogP contribution >= 0.6 is 15.9 Å². The van der Waals surface area contributed by atoms with Crippen LogP contribution in [0.3, 0.4) is 0 Å². The molecule has 2 aromatic carbocycles. The monoisotopic (exact) mass is 349 g/mol. The average Bonchev–Trinajstić information content (AvgIpc) is 2.46. The standard InChI is InChI=1S/C17H17BrFNO/c1-2-3-4-12-5-8-14(9-6-12)20-17(21)15-10-7-13(19)11-16(15)18/h5-11H,2-4H2,1H3,(H,20,21). The molecule has 0 aliphatic carbocycles. The molecule has 0 aliphatic heterocycles. The van der Waals surface area contributed by atoms with Crippen LogP contribution < -0.4 is 5.32 Å². The van der Waals surface area contributed by atoms with E-state index in [0.29, 0.717) is 10.0 Å². The van der Waals surface area contributed by atoms with Gasteiger partial charge in [0.25, 0.3) is 5.91 Å². The van der Waals surface area contributed by atoms with E-state index in [1.807, 2.05) is 24.3 Å². The van der Waals surface area contributed by atoms with Gasteiger partial charge in [0.1, 0.15) is 5.82 Å². The number of anilines is 1. The minimum Gasteiger partial charge on any atom is -0.322 e. The zero-order valence-corrected chi connectivity index (χ0v) is 13.4. The van der Waals surface area contributed by atoms with Crippen molar-refractivity contribution < 1.29 is 9.18 Å². The summed E-state index contributed by atoms with van der Waals surface area (Å²) in [5.74, 6) is -0.637. The van der Waals surface area contributed by atoms with Crippen LogP contribution in [0.2, 0.25) is 0 Å². The second-order valence-corrected chi connectivity index (χ2v) is 5.73. The molecule has 2 rings (SSSR count). The average molecular weight is 350 g/mol. The predicted molar refractivity (Wildman–Crippen MR) is 87.1 cm³/mol. The van der Waals surface area contributed by atoms with E-state index in [1.165, 1.54) is 23.8 Å². The van der Waals surface area contributed by atoms with Gasteiger partial charge in [-0.2, -0.15) is 0 Å². The molecule has 0 fully saturated rings. The normalized spacial score (nSPS) is 10.4. The minimum atomic E-state index is -0.376. The van der Waals surface area contributed by atoms with Crippen LogP contribution in [0.4, 0.5) is 10.1 Å². The second kappa shape index (κ2) is 7.36. The van der Waals surface area contributed by atoms with Gasteiger partial charge in [0, 0.05) is 10.2 Å². The summed E-state index contributed by atoms with van der Waals surface area (Å²) in [5, 5.41) is 2.81. The van der Waals surface area contributed by atoms with Crippen LogP contribution in [-0.4, -0.2) is 5.91 Å². The largest absolute Gasteiger partial charge is 0.322 e. The Morgan fingerprint density at radius 1 is 1.19 bits per heavy atom. The first-order valence-electron chi connectivity index (χ1n) is 6.95. The van der Waals surface area contributed by atoms with E-state index in [1.54, 1.807) is 0 Å². The van der Waals surface area contributed by atoms with Gasteiger partial charge in [-0.15, -0.1) is 0 Å². The lowest BCUT2D eigenvalue weighted by Crippen LogP contribution is -2.12. The summed E-state index contributed by atoms with van der Waals surface area (Å²) < 4.78 is 13.5. The molecule has 0 unspecified atom stereocenters. The highest BCUT2D eigenvalue weighted by Crippen LogP contribution is 2.20. The molecular formula is C17H17BrFNO. The number of halogens is 2. The summed E-state index contributed by atoms with van der Waals surface area (Å²) in [4.78, 5) is 12.1. The van der Waals surface area contributed by atoms with E-state index < -0.39 is 0 Å². The van der Waals surface area contributed by atoms with Crippen molar-refractivity contribution in [2.24, 2.45) is 0 Å². The summed E-state index contributed by atoms with van der Waals surface area (Å²) in [7, 11) is 0. The number of carbonyl (C=O) groups is 1. The first-order valence-corrected chi connectivity index (χ1v) is 7.75. The Labute approximate surface area is 132 Å². The summed E-state index contributed by atoms with van der Waals surface area (Å²) in [6.45, 7) is 2.16. The maximum atomic E-state index is 13.0. The van der Waals surface area contributed by atoms with E-state index in [4.69, 9.17) is 0 Å². The Kier molecular flexibility index (Phi) is 5.51. The van der Waals surface area contributed by atoms with Crippen LogP contribution in [0.15, 0.2) is 46.9 Å². The van der Waals surface area contributed by atoms with Crippen LogP contribution in [0.1, 0.15) is 35.7 Å². The molecule has 0 atom stereocenters. The molecule has 0 spiro atoms. The van der Waals surface area contributed by atoms with Crippen molar-refractivity contribution in [3.63, 3.8) is 0 Å². The van der Waals surface area contributed by atoms with Crippen molar-refractivity contribution in [2.75, 3.05) is 5.32 Å². The fourth-order valence-electron chi connectivity index (χ4n) is 2.01. The minimum absolute atomic E-state index is 0.261. The van der Waals surface area contributed by atoms with E-state index in [9.17, 15) is 9.18 Å². The Morgan fingerprint density at radius 2 is 1.90 bits per heavy atom. The molecule has 21 heavy (non-hydrogen) atoms. The highest BCUT2D eigenvalue weighted by molar-refractivity contribution is 9.10. The molecule has 0 bridgehead atoms. The SMILES string of the molecule is CCCCc1ccc(NC(=O)c2ccc(F)cc2Br)cc1. The fraction of sp³-hybridized carbons (Fsp3) is 0.235. The zero-order chi connectivity index (χ0) is 15.2. The van der Waals surface area contributed by atoms with Gasteiger partial charge in [-0.1, -0.05) is 25.5 Å². The summed E-state index contributed by atoms with van der Waals surface area (Å²) in [6.07, 6.45) is 3.37. The van der Waals surface area contributed by atoms with Gasteiger partial charge >= 0.3 is 0 Å². The molecule has 1 N–H and O–H groups in total. The molecule has 0 aromatic heterocycles. The third-order valence-electron chi connectivity index (χ3n) is 3.21. The van der Waals surface area contributed by atoms with E-state index in [2.05, 4.69) is 28.2 Å². The predicted octanol–water partition coefficient (Wildman–Crippen LogP) is 5.18. The van der Waals surface area contributed by atoms with Crippen molar-refractivity contribution in [2.45, 2.75) is 26.2 Å². The smallest absolute Gasteiger partial charge is 0.256 e. The lowest BCUT2D eigenvalue weighted by atomic mass is 10.1. The summed E-state index contributed by atoms with van der Waals surface area (Å²) >= 11 is 3.20. The lowest BCUT2D eigenvalue weighted by molar-refractivity contribution is 0.102. The number of unbranched alkanes of at least 4 members (excludes halogenated alkanes) is 1.